The molecule has 2 nitrogen and oxygen atoms in total. The Balaban J connectivity index is 2.18. The summed E-state index contributed by atoms with van der Waals surface area (Å²) in [4.78, 5) is 13.4. The van der Waals surface area contributed by atoms with Crippen LogP contribution >= 0.6 is 24.0 Å². The molecule has 0 fully saturated rings. The third-order valence-electron chi connectivity index (χ3n) is 2.44. The monoisotopic (exact) mass is 263 g/mol. The van der Waals surface area contributed by atoms with E-state index in [2.05, 4.69) is 17.9 Å². The lowest BCUT2D eigenvalue weighted by molar-refractivity contribution is 0.103. The average Bonchev–Trinajstić information content (AvgIpc) is 2.69. The van der Waals surface area contributed by atoms with Crippen LogP contribution in [0.1, 0.15) is 20.8 Å². The molecule has 0 saturated heterocycles. The van der Waals surface area contributed by atoms with Gasteiger partial charge in [0.25, 0.3) is 5.91 Å². The number of rotatable bonds is 2. The lowest BCUT2D eigenvalue weighted by Crippen LogP contribution is -2.11. The van der Waals surface area contributed by atoms with E-state index < -0.39 is 0 Å². The lowest BCUT2D eigenvalue weighted by atomic mass is 10.1. The molecule has 0 aliphatic carbocycles. The summed E-state index contributed by atoms with van der Waals surface area (Å²) in [6, 6.07) is 7.74. The molecule has 88 valence electrons. The molecule has 0 aliphatic rings. The second-order valence-corrected chi connectivity index (χ2v) is 5.37. The number of carbonyl (C=O) groups is 1. The maximum atomic E-state index is 11.9. The maximum absolute atomic E-state index is 11.9. The van der Waals surface area contributed by atoms with Crippen LogP contribution < -0.4 is 5.32 Å². The number of hydrogen-bond acceptors (Lipinski definition) is 3. The van der Waals surface area contributed by atoms with Gasteiger partial charge in [0.05, 0.1) is 4.88 Å². The van der Waals surface area contributed by atoms with Gasteiger partial charge in [0.2, 0.25) is 0 Å². The van der Waals surface area contributed by atoms with Crippen molar-refractivity contribution < 1.29 is 4.79 Å². The summed E-state index contributed by atoms with van der Waals surface area (Å²) in [6.45, 7) is 4.02. The Morgan fingerprint density at radius 3 is 2.65 bits per heavy atom. The molecular weight excluding hydrogens is 250 g/mol. The number of benzene rings is 1. The normalized spacial score (nSPS) is 10.3. The van der Waals surface area contributed by atoms with Gasteiger partial charge in [-0.15, -0.1) is 24.0 Å². The van der Waals surface area contributed by atoms with Crippen molar-refractivity contribution in [2.75, 3.05) is 5.32 Å². The number of carbonyl (C=O) groups excluding carboxylic acids is 1. The molecule has 1 heterocycles. The third-order valence-corrected chi connectivity index (χ3v) is 3.80. The van der Waals surface area contributed by atoms with Crippen LogP contribution in [0.2, 0.25) is 0 Å². The second-order valence-electron chi connectivity index (χ2n) is 3.94. The first-order valence-corrected chi connectivity index (χ1v) is 6.55. The molecule has 17 heavy (non-hydrogen) atoms. The first kappa shape index (κ1) is 12.2. The van der Waals surface area contributed by atoms with Crippen molar-refractivity contribution in [1.82, 2.24) is 0 Å². The molecule has 4 heteroatoms. The summed E-state index contributed by atoms with van der Waals surface area (Å²) in [5, 5.41) is 4.75. The summed E-state index contributed by atoms with van der Waals surface area (Å²) in [6.07, 6.45) is 0. The van der Waals surface area contributed by atoms with Gasteiger partial charge in [-0.25, -0.2) is 0 Å². The zero-order valence-electron chi connectivity index (χ0n) is 9.65. The van der Waals surface area contributed by atoms with Gasteiger partial charge >= 0.3 is 0 Å². The predicted molar refractivity (Wildman–Crippen MR) is 75.4 cm³/mol. The van der Waals surface area contributed by atoms with E-state index in [1.165, 1.54) is 16.9 Å². The van der Waals surface area contributed by atoms with E-state index in [9.17, 15) is 4.79 Å². The van der Waals surface area contributed by atoms with Gasteiger partial charge in [0.1, 0.15) is 0 Å². The Morgan fingerprint density at radius 2 is 2.06 bits per heavy atom. The number of thiophene rings is 1. The number of nitrogens with one attached hydrogen (secondary N) is 1. The van der Waals surface area contributed by atoms with Gasteiger partial charge in [-0.05, 0) is 31.5 Å². The van der Waals surface area contributed by atoms with Crippen LogP contribution in [0, 0.1) is 13.8 Å². The van der Waals surface area contributed by atoms with E-state index in [1.807, 2.05) is 37.4 Å². The zero-order valence-corrected chi connectivity index (χ0v) is 11.4. The van der Waals surface area contributed by atoms with Crippen LogP contribution in [0.5, 0.6) is 0 Å². The lowest BCUT2D eigenvalue weighted by Gasteiger charge is -2.07. The SMILES string of the molecule is Cc1ccc(NC(=O)c2cc(S)cs2)c(C)c1. The van der Waals surface area contributed by atoms with Gasteiger partial charge in [0, 0.05) is 16.0 Å². The van der Waals surface area contributed by atoms with Gasteiger partial charge in [0.15, 0.2) is 0 Å². The summed E-state index contributed by atoms with van der Waals surface area (Å²) in [5.74, 6) is -0.0812. The Bertz CT molecular complexity index is 560. The summed E-state index contributed by atoms with van der Waals surface area (Å²) < 4.78 is 0. The van der Waals surface area contributed by atoms with E-state index in [0.717, 1.165) is 16.1 Å². The van der Waals surface area contributed by atoms with E-state index in [4.69, 9.17) is 0 Å². The van der Waals surface area contributed by atoms with Crippen LogP contribution in [0.4, 0.5) is 5.69 Å². The van der Waals surface area contributed by atoms with Crippen molar-refractivity contribution in [1.29, 1.82) is 0 Å². The summed E-state index contributed by atoms with van der Waals surface area (Å²) in [7, 11) is 0. The number of amides is 1. The third kappa shape index (κ3) is 2.90. The molecule has 1 amide bonds. The molecule has 0 bridgehead atoms. The molecule has 1 aromatic heterocycles. The first-order chi connectivity index (χ1) is 8.06. The van der Waals surface area contributed by atoms with Gasteiger partial charge in [-0.1, -0.05) is 17.7 Å². The van der Waals surface area contributed by atoms with Crippen molar-refractivity contribution in [2.45, 2.75) is 18.7 Å². The number of aryl methyl sites for hydroxylation is 2. The molecule has 1 N–H and O–H groups in total. The predicted octanol–water partition coefficient (Wildman–Crippen LogP) is 3.91. The molecule has 0 radical (unpaired) electrons. The molecule has 0 aliphatic heterocycles. The minimum atomic E-state index is -0.0812. The van der Waals surface area contributed by atoms with Crippen molar-refractivity contribution in [3.63, 3.8) is 0 Å². The van der Waals surface area contributed by atoms with Crippen molar-refractivity contribution in [3.8, 4) is 0 Å². The van der Waals surface area contributed by atoms with Crippen LogP contribution in [0.3, 0.4) is 0 Å². The fourth-order valence-corrected chi connectivity index (χ4v) is 2.63. The number of anilines is 1. The molecule has 2 rings (SSSR count). The van der Waals surface area contributed by atoms with Gasteiger partial charge < -0.3 is 5.32 Å². The topological polar surface area (TPSA) is 29.1 Å². The number of thiol groups is 1. The number of hydrogen-bond donors (Lipinski definition) is 2. The fourth-order valence-electron chi connectivity index (χ4n) is 1.58. The smallest absolute Gasteiger partial charge is 0.265 e. The summed E-state index contributed by atoms with van der Waals surface area (Å²) >= 11 is 5.59. The molecule has 0 unspecified atom stereocenters. The van der Waals surface area contributed by atoms with Gasteiger partial charge in [-0.3, -0.25) is 4.79 Å². The largest absolute Gasteiger partial charge is 0.321 e. The van der Waals surface area contributed by atoms with Crippen molar-refractivity contribution in [2.24, 2.45) is 0 Å². The van der Waals surface area contributed by atoms with Gasteiger partial charge in [-0.2, -0.15) is 0 Å². The highest BCUT2D eigenvalue weighted by molar-refractivity contribution is 7.80. The minimum Gasteiger partial charge on any atom is -0.321 e. The summed E-state index contributed by atoms with van der Waals surface area (Å²) in [5.41, 5.74) is 3.12. The molecule has 0 spiro atoms. The molecule has 0 saturated carbocycles. The fraction of sp³-hybridized carbons (Fsp3) is 0.154. The van der Waals surface area contributed by atoms with E-state index in [-0.39, 0.29) is 5.91 Å². The Hall–Kier alpha value is -1.26. The van der Waals surface area contributed by atoms with Crippen LogP contribution in [0.15, 0.2) is 34.5 Å². The zero-order chi connectivity index (χ0) is 12.4. The Labute approximate surface area is 110 Å². The van der Waals surface area contributed by atoms with Crippen LogP contribution in [-0.2, 0) is 0 Å². The van der Waals surface area contributed by atoms with Crippen LogP contribution in [-0.4, -0.2) is 5.91 Å². The highest BCUT2D eigenvalue weighted by Gasteiger charge is 2.09. The van der Waals surface area contributed by atoms with E-state index in [0.29, 0.717) is 4.88 Å². The van der Waals surface area contributed by atoms with E-state index in [1.54, 1.807) is 6.07 Å². The quantitative estimate of drug-likeness (QED) is 0.790. The molecule has 0 atom stereocenters. The van der Waals surface area contributed by atoms with Crippen molar-refractivity contribution in [3.05, 3.63) is 45.6 Å². The van der Waals surface area contributed by atoms with Crippen LogP contribution in [0.25, 0.3) is 0 Å². The molecule has 2 aromatic rings. The second kappa shape index (κ2) is 4.94. The Morgan fingerprint density at radius 1 is 1.29 bits per heavy atom. The molecular formula is C13H13NOS2. The van der Waals surface area contributed by atoms with E-state index >= 15 is 0 Å². The highest BCUT2D eigenvalue weighted by Crippen LogP contribution is 2.21. The first-order valence-electron chi connectivity index (χ1n) is 5.22. The standard InChI is InChI=1S/C13H13NOS2/c1-8-3-4-11(9(2)5-8)14-13(15)12-6-10(16)7-17-12/h3-7,16H,1-2H3,(H,14,15). The highest BCUT2D eigenvalue weighted by atomic mass is 32.1. The Kier molecular flexibility index (Phi) is 3.54. The minimum absolute atomic E-state index is 0.0812. The average molecular weight is 263 g/mol. The molecule has 1 aromatic carbocycles. The van der Waals surface area contributed by atoms with Crippen molar-refractivity contribution >= 4 is 35.6 Å². The maximum Gasteiger partial charge on any atom is 0.265 e.